The van der Waals surface area contributed by atoms with Crippen molar-refractivity contribution in [3.05, 3.63) is 40.0 Å². The van der Waals surface area contributed by atoms with E-state index in [0.717, 1.165) is 12.1 Å². The first-order valence-electron chi connectivity index (χ1n) is 4.77. The van der Waals surface area contributed by atoms with Crippen molar-refractivity contribution in [2.45, 2.75) is 0 Å². The molecule has 1 heterocycles. The maximum absolute atomic E-state index is 13.6. The fourth-order valence-corrected chi connectivity index (χ4v) is 1.41. The monoisotopic (exact) mass is 260 g/mol. The Balaban J connectivity index is 2.66. The van der Waals surface area contributed by atoms with Gasteiger partial charge in [0.1, 0.15) is 17.1 Å². The summed E-state index contributed by atoms with van der Waals surface area (Å²) < 4.78 is 53.8. The Labute approximate surface area is 98.5 Å². The minimum atomic E-state index is -1.76. The molecule has 18 heavy (non-hydrogen) atoms. The summed E-state index contributed by atoms with van der Waals surface area (Å²) in [6, 6.07) is 1.91. The average Bonchev–Trinajstić information content (AvgIpc) is 2.33. The fourth-order valence-electron chi connectivity index (χ4n) is 1.41. The van der Waals surface area contributed by atoms with Gasteiger partial charge in [0, 0.05) is 19.2 Å². The Morgan fingerprint density at radius 2 is 1.94 bits per heavy atom. The quantitative estimate of drug-likeness (QED) is 0.627. The Hall–Kier alpha value is -2.02. The number of methoxy groups -OCH3 is 1. The van der Waals surface area contributed by atoms with Gasteiger partial charge in [-0.05, 0) is 0 Å². The summed E-state index contributed by atoms with van der Waals surface area (Å²) in [5, 5.41) is -0.739. The topological polar surface area (TPSA) is 48.7 Å². The molecule has 1 aromatic carbocycles. The lowest BCUT2D eigenvalue weighted by Gasteiger charge is -2.06. The summed E-state index contributed by atoms with van der Waals surface area (Å²) >= 11 is 0. The highest BCUT2D eigenvalue weighted by Crippen LogP contribution is 2.26. The van der Waals surface area contributed by atoms with Gasteiger partial charge >= 0.3 is 5.63 Å². The average molecular weight is 260 g/mol. The number of halogens is 3. The van der Waals surface area contributed by atoms with Crippen molar-refractivity contribution in [3.63, 3.8) is 0 Å². The molecular formula is C11H7F3O4. The van der Waals surface area contributed by atoms with E-state index in [1.54, 1.807) is 0 Å². The second kappa shape index (κ2) is 4.69. The Morgan fingerprint density at radius 1 is 1.22 bits per heavy atom. The van der Waals surface area contributed by atoms with Gasteiger partial charge in [0.05, 0.1) is 5.39 Å². The van der Waals surface area contributed by atoms with Crippen LogP contribution < -0.4 is 10.4 Å². The number of hydrogen-bond donors (Lipinski definition) is 0. The van der Waals surface area contributed by atoms with Gasteiger partial charge in [-0.2, -0.15) is 4.39 Å². The molecule has 1 aromatic heterocycles. The van der Waals surface area contributed by atoms with Gasteiger partial charge in [-0.15, -0.1) is 0 Å². The minimum absolute atomic E-state index is 0.0315. The molecule has 0 radical (unpaired) electrons. The molecule has 2 aromatic rings. The summed E-state index contributed by atoms with van der Waals surface area (Å²) in [7, 11) is 1.35. The second-order valence-corrected chi connectivity index (χ2v) is 3.35. The third-order valence-corrected chi connectivity index (χ3v) is 2.17. The highest BCUT2D eigenvalue weighted by molar-refractivity contribution is 5.79. The van der Waals surface area contributed by atoms with E-state index in [1.807, 2.05) is 0 Å². The minimum Gasteiger partial charge on any atom is -0.467 e. The van der Waals surface area contributed by atoms with E-state index in [4.69, 9.17) is 4.74 Å². The maximum atomic E-state index is 13.6. The molecule has 0 aliphatic heterocycles. The lowest BCUT2D eigenvalue weighted by atomic mass is 10.2. The second-order valence-electron chi connectivity index (χ2n) is 3.35. The highest BCUT2D eigenvalue weighted by Gasteiger charge is 2.18. The molecule has 7 heteroatoms. The molecule has 0 N–H and O–H groups in total. The molecule has 0 atom stereocenters. The first-order valence-corrected chi connectivity index (χ1v) is 4.77. The van der Waals surface area contributed by atoms with Crippen molar-refractivity contribution in [3.8, 4) is 5.75 Å². The van der Waals surface area contributed by atoms with Crippen LogP contribution in [-0.2, 0) is 4.74 Å². The number of fused-ring (bicyclic) bond motifs is 1. The van der Waals surface area contributed by atoms with Gasteiger partial charge in [0.15, 0.2) is 12.6 Å². The van der Waals surface area contributed by atoms with Gasteiger partial charge in [0.2, 0.25) is 5.82 Å². The molecule has 0 aliphatic carbocycles. The van der Waals surface area contributed by atoms with Crippen LogP contribution in [0.4, 0.5) is 13.2 Å². The molecular weight excluding hydrogens is 253 g/mol. The summed E-state index contributed by atoms with van der Waals surface area (Å²) in [6.07, 6.45) is 0. The van der Waals surface area contributed by atoms with Crippen molar-refractivity contribution < 1.29 is 27.1 Å². The Kier molecular flexibility index (Phi) is 3.24. The number of ether oxygens (including phenoxy) is 2. The Morgan fingerprint density at radius 3 is 2.61 bits per heavy atom. The number of hydrogen-bond acceptors (Lipinski definition) is 4. The van der Waals surface area contributed by atoms with Crippen LogP contribution in [0.15, 0.2) is 21.3 Å². The fraction of sp³-hybridized carbons (Fsp3) is 0.182. The maximum Gasteiger partial charge on any atom is 0.375 e. The smallest absolute Gasteiger partial charge is 0.375 e. The van der Waals surface area contributed by atoms with Crippen molar-refractivity contribution in [1.82, 2.24) is 0 Å². The van der Waals surface area contributed by atoms with E-state index in [9.17, 15) is 18.0 Å². The zero-order valence-electron chi connectivity index (χ0n) is 9.13. The van der Waals surface area contributed by atoms with Gasteiger partial charge in [-0.3, -0.25) is 0 Å². The Bertz CT molecular complexity index is 651. The number of rotatable bonds is 3. The van der Waals surface area contributed by atoms with Crippen LogP contribution in [0.3, 0.4) is 0 Å². The zero-order valence-corrected chi connectivity index (χ0v) is 9.13. The third-order valence-electron chi connectivity index (χ3n) is 2.17. The standard InChI is InChI=1S/C11H7F3O4/c1-16-4-17-5-2-6(12)8-7(3-5)18-11(15)10(14)9(8)13/h2-3H,4H2,1H3. The molecule has 96 valence electrons. The molecule has 0 aliphatic rings. The van der Waals surface area contributed by atoms with E-state index in [0.29, 0.717) is 0 Å². The van der Waals surface area contributed by atoms with Crippen molar-refractivity contribution in [2.75, 3.05) is 13.9 Å². The first kappa shape index (κ1) is 12.4. The summed E-state index contributed by atoms with van der Waals surface area (Å²) in [5.74, 6) is -4.47. The van der Waals surface area contributed by atoms with Crippen molar-refractivity contribution in [1.29, 1.82) is 0 Å². The van der Waals surface area contributed by atoms with Crippen LogP contribution in [0.25, 0.3) is 11.0 Å². The molecule has 0 fully saturated rings. The molecule has 0 amide bonds. The predicted octanol–water partition coefficient (Wildman–Crippen LogP) is 2.19. The normalized spacial score (nSPS) is 10.9. The molecule has 4 nitrogen and oxygen atoms in total. The largest absolute Gasteiger partial charge is 0.467 e. The van der Waals surface area contributed by atoms with Crippen LogP contribution in [0.2, 0.25) is 0 Å². The van der Waals surface area contributed by atoms with Crippen LogP contribution in [0, 0.1) is 17.5 Å². The molecule has 0 saturated heterocycles. The molecule has 0 bridgehead atoms. The van der Waals surface area contributed by atoms with Crippen molar-refractivity contribution in [2.24, 2.45) is 0 Å². The zero-order chi connectivity index (χ0) is 13.3. The van der Waals surface area contributed by atoms with E-state index in [-0.39, 0.29) is 12.5 Å². The van der Waals surface area contributed by atoms with Crippen LogP contribution in [-0.4, -0.2) is 13.9 Å². The number of benzene rings is 1. The van der Waals surface area contributed by atoms with E-state index in [1.165, 1.54) is 7.11 Å². The molecule has 0 saturated carbocycles. The molecule has 2 rings (SSSR count). The van der Waals surface area contributed by atoms with Crippen molar-refractivity contribution >= 4 is 11.0 Å². The highest BCUT2D eigenvalue weighted by atomic mass is 19.2. The summed E-state index contributed by atoms with van der Waals surface area (Å²) in [4.78, 5) is 10.9. The molecule has 0 unspecified atom stereocenters. The van der Waals surface area contributed by atoms with E-state index in [2.05, 4.69) is 9.15 Å². The van der Waals surface area contributed by atoms with Gasteiger partial charge in [0.25, 0.3) is 0 Å². The van der Waals surface area contributed by atoms with E-state index < -0.39 is 34.0 Å². The van der Waals surface area contributed by atoms with Gasteiger partial charge < -0.3 is 13.9 Å². The van der Waals surface area contributed by atoms with Crippen LogP contribution in [0.5, 0.6) is 5.75 Å². The SMILES string of the molecule is COCOc1cc(F)c2c(F)c(F)c(=O)oc2c1. The van der Waals surface area contributed by atoms with Crippen LogP contribution >= 0.6 is 0 Å². The van der Waals surface area contributed by atoms with Crippen LogP contribution in [0.1, 0.15) is 0 Å². The third kappa shape index (κ3) is 2.04. The lowest BCUT2D eigenvalue weighted by Crippen LogP contribution is -2.09. The summed E-state index contributed by atoms with van der Waals surface area (Å²) in [6.45, 7) is -0.168. The first-order chi connectivity index (χ1) is 8.54. The molecule has 0 spiro atoms. The van der Waals surface area contributed by atoms with Gasteiger partial charge in [-0.25, -0.2) is 13.6 Å². The predicted molar refractivity (Wildman–Crippen MR) is 54.9 cm³/mol. The lowest BCUT2D eigenvalue weighted by molar-refractivity contribution is 0.0510. The summed E-state index contributed by atoms with van der Waals surface area (Å²) in [5.41, 5.74) is -1.95. The van der Waals surface area contributed by atoms with Gasteiger partial charge in [-0.1, -0.05) is 0 Å². The van der Waals surface area contributed by atoms with E-state index >= 15 is 0 Å².